The van der Waals surface area contributed by atoms with Crippen LogP contribution in [0.15, 0.2) is 59.4 Å². The fourth-order valence-electron chi connectivity index (χ4n) is 2.95. The number of hydrogen-bond acceptors (Lipinski definition) is 6. The Hall–Kier alpha value is -4.01. The summed E-state index contributed by atoms with van der Waals surface area (Å²) >= 11 is 0. The molecule has 0 aliphatic heterocycles. The molecule has 1 N–H and O–H groups in total. The van der Waals surface area contributed by atoms with Gasteiger partial charge >= 0.3 is 5.97 Å². The van der Waals surface area contributed by atoms with Gasteiger partial charge in [-0.3, -0.25) is 14.3 Å². The molecule has 2 aromatic carbocycles. The molecular formula is C22H23N3O6. The first-order chi connectivity index (χ1) is 14.9. The van der Waals surface area contributed by atoms with Crippen LogP contribution in [0.2, 0.25) is 0 Å². The number of hydrogen-bond donors (Lipinski definition) is 1. The molecule has 0 unspecified atom stereocenters. The molecule has 0 bridgehead atoms. The van der Waals surface area contributed by atoms with E-state index in [1.165, 1.54) is 11.8 Å². The van der Waals surface area contributed by atoms with E-state index >= 15 is 0 Å². The zero-order valence-corrected chi connectivity index (χ0v) is 17.5. The lowest BCUT2D eigenvalue weighted by atomic mass is 10.3. The molecular weight excluding hydrogens is 402 g/mol. The average molecular weight is 425 g/mol. The van der Waals surface area contributed by atoms with Gasteiger partial charge in [0.25, 0.3) is 11.5 Å². The molecule has 9 heteroatoms. The van der Waals surface area contributed by atoms with Gasteiger partial charge in [-0.05, 0) is 31.2 Å². The third-order valence-electron chi connectivity index (χ3n) is 4.60. The van der Waals surface area contributed by atoms with Crippen molar-refractivity contribution in [2.75, 3.05) is 25.6 Å². The van der Waals surface area contributed by atoms with Gasteiger partial charge in [0.15, 0.2) is 24.7 Å². The molecule has 1 amide bonds. The number of anilines is 1. The van der Waals surface area contributed by atoms with Crippen LogP contribution in [-0.2, 0) is 21.4 Å². The van der Waals surface area contributed by atoms with E-state index in [2.05, 4.69) is 5.32 Å². The van der Waals surface area contributed by atoms with Crippen LogP contribution >= 0.6 is 0 Å². The van der Waals surface area contributed by atoms with Gasteiger partial charge in [-0.1, -0.05) is 30.3 Å². The lowest BCUT2D eigenvalue weighted by Crippen LogP contribution is -2.27. The van der Waals surface area contributed by atoms with E-state index in [0.29, 0.717) is 22.9 Å². The quantitative estimate of drug-likeness (QED) is 0.555. The fourth-order valence-corrected chi connectivity index (χ4v) is 2.95. The second-order valence-electron chi connectivity index (χ2n) is 6.58. The maximum absolute atomic E-state index is 12.8. The number of aromatic nitrogens is 2. The van der Waals surface area contributed by atoms with Gasteiger partial charge < -0.3 is 19.5 Å². The van der Waals surface area contributed by atoms with E-state index in [9.17, 15) is 14.4 Å². The van der Waals surface area contributed by atoms with Crippen molar-refractivity contribution >= 4 is 17.6 Å². The molecule has 0 spiro atoms. The highest BCUT2D eigenvalue weighted by atomic mass is 16.6. The number of ether oxygens (including phenoxy) is 3. The van der Waals surface area contributed by atoms with Crippen molar-refractivity contribution in [1.29, 1.82) is 0 Å². The van der Waals surface area contributed by atoms with Crippen LogP contribution in [-0.4, -0.2) is 41.6 Å². The largest absolute Gasteiger partial charge is 0.493 e. The summed E-state index contributed by atoms with van der Waals surface area (Å²) in [7, 11) is 3.21. The average Bonchev–Trinajstić information content (AvgIpc) is 3.00. The third-order valence-corrected chi connectivity index (χ3v) is 4.60. The van der Waals surface area contributed by atoms with Crippen molar-refractivity contribution < 1.29 is 23.8 Å². The Balaban J connectivity index is 1.59. The van der Waals surface area contributed by atoms with Crippen LogP contribution in [0.5, 0.6) is 11.5 Å². The molecule has 0 saturated heterocycles. The van der Waals surface area contributed by atoms with Gasteiger partial charge in [-0.2, -0.15) is 0 Å². The van der Waals surface area contributed by atoms with Crippen LogP contribution < -0.4 is 20.3 Å². The molecule has 1 heterocycles. The van der Waals surface area contributed by atoms with E-state index in [1.807, 2.05) is 18.2 Å². The van der Waals surface area contributed by atoms with Gasteiger partial charge in [0.05, 0.1) is 18.5 Å². The Labute approximate surface area is 178 Å². The molecule has 1 aromatic heterocycles. The monoisotopic (exact) mass is 425 g/mol. The Morgan fingerprint density at radius 2 is 1.61 bits per heavy atom. The first-order valence-corrected chi connectivity index (χ1v) is 9.47. The lowest BCUT2D eigenvalue weighted by Gasteiger charge is -2.10. The van der Waals surface area contributed by atoms with E-state index in [4.69, 9.17) is 14.2 Å². The van der Waals surface area contributed by atoms with Crippen LogP contribution in [0.4, 0.5) is 5.69 Å². The first-order valence-electron chi connectivity index (χ1n) is 9.47. The second-order valence-corrected chi connectivity index (χ2v) is 6.58. The molecule has 0 aliphatic rings. The molecule has 0 saturated carbocycles. The maximum Gasteiger partial charge on any atom is 0.344 e. The molecule has 3 rings (SSSR count). The van der Waals surface area contributed by atoms with E-state index < -0.39 is 25.1 Å². The summed E-state index contributed by atoms with van der Waals surface area (Å²) in [6.45, 7) is 0.773. The minimum absolute atomic E-state index is 0.123. The highest BCUT2D eigenvalue weighted by Gasteiger charge is 2.19. The molecule has 0 radical (unpaired) electrons. The van der Waals surface area contributed by atoms with E-state index in [0.717, 1.165) is 0 Å². The van der Waals surface area contributed by atoms with Gasteiger partial charge in [-0.25, -0.2) is 9.48 Å². The number of nitrogens with one attached hydrogen (secondary N) is 1. The summed E-state index contributed by atoms with van der Waals surface area (Å²) in [6, 6.07) is 15.9. The number of rotatable bonds is 8. The number of carbonyl (C=O) groups excluding carboxylic acids is 2. The van der Waals surface area contributed by atoms with Crippen molar-refractivity contribution in [3.63, 3.8) is 0 Å². The van der Waals surface area contributed by atoms with Crippen LogP contribution in [0.3, 0.4) is 0 Å². The van der Waals surface area contributed by atoms with Crippen molar-refractivity contribution in [2.24, 2.45) is 7.05 Å². The van der Waals surface area contributed by atoms with Gasteiger partial charge in [0.2, 0.25) is 0 Å². The highest BCUT2D eigenvalue weighted by molar-refractivity contribution is 5.93. The normalized spacial score (nSPS) is 10.4. The first kappa shape index (κ1) is 21.7. The Bertz CT molecular complexity index is 1130. The zero-order chi connectivity index (χ0) is 22.4. The fraction of sp³-hybridized carbons (Fsp3) is 0.227. The number of methoxy groups -OCH3 is 1. The molecule has 162 valence electrons. The lowest BCUT2D eigenvalue weighted by molar-refractivity contribution is -0.149. The van der Waals surface area contributed by atoms with Crippen molar-refractivity contribution in [2.45, 2.75) is 6.92 Å². The molecule has 0 fully saturated rings. The minimum Gasteiger partial charge on any atom is -0.493 e. The summed E-state index contributed by atoms with van der Waals surface area (Å²) in [5.74, 6) is -0.501. The molecule has 9 nitrogen and oxygen atoms in total. The van der Waals surface area contributed by atoms with Crippen LogP contribution in [0, 0.1) is 6.92 Å². The summed E-state index contributed by atoms with van der Waals surface area (Å²) in [5, 5.41) is 2.53. The topological polar surface area (TPSA) is 101 Å². The number of amides is 1. The van der Waals surface area contributed by atoms with Crippen molar-refractivity contribution in [3.05, 3.63) is 70.6 Å². The Morgan fingerprint density at radius 1 is 0.968 bits per heavy atom. The van der Waals surface area contributed by atoms with Gasteiger partial charge in [0, 0.05) is 7.05 Å². The number of benzene rings is 2. The van der Waals surface area contributed by atoms with Gasteiger partial charge in [0.1, 0.15) is 5.69 Å². The van der Waals surface area contributed by atoms with Crippen LogP contribution in [0.25, 0.3) is 5.69 Å². The second kappa shape index (κ2) is 9.66. The molecule has 31 heavy (non-hydrogen) atoms. The van der Waals surface area contributed by atoms with Gasteiger partial charge in [-0.15, -0.1) is 0 Å². The Morgan fingerprint density at radius 3 is 2.29 bits per heavy atom. The Kier molecular flexibility index (Phi) is 6.76. The molecule has 0 atom stereocenters. The standard InChI is InChI=1S/C22H23N3O6/c1-15-21(22(28)25(24(15)2)16-9-5-4-6-10-16)23-19(26)13-31-20(27)14-30-18-12-8-7-11-17(18)29-3/h4-12H,13-14H2,1-3H3,(H,23,26). The van der Waals surface area contributed by atoms with Crippen LogP contribution in [0.1, 0.15) is 5.69 Å². The summed E-state index contributed by atoms with van der Waals surface area (Å²) in [6.07, 6.45) is 0. The van der Waals surface area contributed by atoms with Crippen molar-refractivity contribution in [1.82, 2.24) is 9.36 Å². The highest BCUT2D eigenvalue weighted by Crippen LogP contribution is 2.25. The number of carbonyl (C=O) groups is 2. The summed E-state index contributed by atoms with van der Waals surface area (Å²) in [4.78, 5) is 37.0. The SMILES string of the molecule is COc1ccccc1OCC(=O)OCC(=O)Nc1c(C)n(C)n(-c2ccccc2)c1=O. The summed E-state index contributed by atoms with van der Waals surface area (Å²) < 4.78 is 18.5. The predicted octanol–water partition coefficient (Wildman–Crippen LogP) is 2.05. The third kappa shape index (κ3) is 4.95. The number of nitrogens with zero attached hydrogens (tertiary/aromatic N) is 2. The molecule has 3 aromatic rings. The number of esters is 1. The maximum atomic E-state index is 12.8. The molecule has 0 aliphatic carbocycles. The zero-order valence-electron chi connectivity index (χ0n) is 17.5. The predicted molar refractivity (Wildman–Crippen MR) is 114 cm³/mol. The summed E-state index contributed by atoms with van der Waals surface area (Å²) in [5.41, 5.74) is 0.967. The van der Waals surface area contributed by atoms with Crippen molar-refractivity contribution in [3.8, 4) is 17.2 Å². The van der Waals surface area contributed by atoms with E-state index in [1.54, 1.807) is 55.1 Å². The van der Waals surface area contributed by atoms with E-state index in [-0.39, 0.29) is 11.2 Å². The number of para-hydroxylation sites is 3. The minimum atomic E-state index is -0.729. The smallest absolute Gasteiger partial charge is 0.344 e.